The number of aliphatic hydroxyl groups excluding tert-OH is 1. The fourth-order valence-corrected chi connectivity index (χ4v) is 2.62. The number of nitrogens with one attached hydrogen (secondary N) is 1. The molecule has 1 aliphatic heterocycles. The molecule has 21 heavy (non-hydrogen) atoms. The van der Waals surface area contributed by atoms with Gasteiger partial charge >= 0.3 is 0 Å². The van der Waals surface area contributed by atoms with Gasteiger partial charge in [0.15, 0.2) is 6.61 Å². The maximum atomic E-state index is 12.9. The van der Waals surface area contributed by atoms with E-state index in [1.165, 1.54) is 18.2 Å². The van der Waals surface area contributed by atoms with Gasteiger partial charge in [-0.3, -0.25) is 4.79 Å². The zero-order chi connectivity index (χ0) is 15.3. The van der Waals surface area contributed by atoms with E-state index in [9.17, 15) is 14.3 Å². The first-order valence-corrected chi connectivity index (χ1v) is 7.41. The zero-order valence-electron chi connectivity index (χ0n) is 11.4. The summed E-state index contributed by atoms with van der Waals surface area (Å²) in [6, 6.07) is 3.97. The van der Waals surface area contributed by atoms with Gasteiger partial charge in [0.1, 0.15) is 11.6 Å². The largest absolute Gasteiger partial charge is 0.483 e. The van der Waals surface area contributed by atoms with E-state index >= 15 is 0 Å². The molecular weight excluding hydrogens is 345 g/mol. The van der Waals surface area contributed by atoms with E-state index < -0.39 is 5.54 Å². The van der Waals surface area contributed by atoms with E-state index in [1.807, 2.05) is 0 Å². The minimum Gasteiger partial charge on any atom is -0.483 e. The molecule has 1 amide bonds. The lowest BCUT2D eigenvalue weighted by molar-refractivity contribution is -0.127. The van der Waals surface area contributed by atoms with Crippen LogP contribution in [0.15, 0.2) is 22.7 Å². The summed E-state index contributed by atoms with van der Waals surface area (Å²) in [6.07, 6.45) is 1.13. The van der Waals surface area contributed by atoms with Gasteiger partial charge in [-0.05, 0) is 47.0 Å². The van der Waals surface area contributed by atoms with Crippen LogP contribution in [0.2, 0.25) is 0 Å². The third-order valence-corrected chi connectivity index (χ3v) is 4.03. The Hall–Kier alpha value is -1.18. The van der Waals surface area contributed by atoms with Crippen LogP contribution in [0.25, 0.3) is 0 Å². The summed E-state index contributed by atoms with van der Waals surface area (Å²) in [7, 11) is 0. The molecule has 1 fully saturated rings. The minimum absolute atomic E-state index is 0.137. The quantitative estimate of drug-likeness (QED) is 0.836. The van der Waals surface area contributed by atoms with Crippen molar-refractivity contribution >= 4 is 21.8 Å². The Bertz CT molecular complexity index is 506. The summed E-state index contributed by atoms with van der Waals surface area (Å²) < 4.78 is 24.0. The van der Waals surface area contributed by atoms with Crippen molar-refractivity contribution in [2.24, 2.45) is 0 Å². The van der Waals surface area contributed by atoms with Gasteiger partial charge in [-0.15, -0.1) is 0 Å². The smallest absolute Gasteiger partial charge is 0.258 e. The number of ether oxygens (including phenoxy) is 2. The van der Waals surface area contributed by atoms with Crippen LogP contribution in [0.4, 0.5) is 4.39 Å². The molecule has 0 atom stereocenters. The predicted molar refractivity (Wildman–Crippen MR) is 77.6 cm³/mol. The van der Waals surface area contributed by atoms with Crippen LogP contribution >= 0.6 is 15.9 Å². The highest BCUT2D eigenvalue weighted by molar-refractivity contribution is 9.10. The van der Waals surface area contributed by atoms with E-state index in [-0.39, 0.29) is 24.9 Å². The highest BCUT2D eigenvalue weighted by Crippen LogP contribution is 2.25. The number of benzene rings is 1. The number of amides is 1. The topological polar surface area (TPSA) is 67.8 Å². The maximum Gasteiger partial charge on any atom is 0.258 e. The van der Waals surface area contributed by atoms with Crippen LogP contribution in [-0.4, -0.2) is 43.0 Å². The summed E-state index contributed by atoms with van der Waals surface area (Å²) in [6.45, 7) is 0.672. The van der Waals surface area contributed by atoms with Gasteiger partial charge in [-0.2, -0.15) is 0 Å². The predicted octanol–water partition coefficient (Wildman–Crippen LogP) is 1.62. The summed E-state index contributed by atoms with van der Waals surface area (Å²) in [5.74, 6) is -0.334. The molecule has 0 bridgehead atoms. The molecule has 5 nitrogen and oxygen atoms in total. The molecule has 0 aliphatic carbocycles. The molecule has 1 aromatic carbocycles. The lowest BCUT2D eigenvalue weighted by Crippen LogP contribution is -2.55. The summed E-state index contributed by atoms with van der Waals surface area (Å²) in [4.78, 5) is 11.9. The van der Waals surface area contributed by atoms with Gasteiger partial charge in [-0.25, -0.2) is 4.39 Å². The molecule has 1 saturated heterocycles. The standard InChI is InChI=1S/C14H17BrFNO4/c15-11-7-10(16)1-2-12(11)21-8-13(19)17-14(9-18)3-5-20-6-4-14/h1-2,7,18H,3-6,8-9H2,(H,17,19). The number of hydrogen-bond acceptors (Lipinski definition) is 4. The number of aliphatic hydroxyl groups is 1. The fraction of sp³-hybridized carbons (Fsp3) is 0.500. The van der Waals surface area contributed by atoms with Crippen molar-refractivity contribution in [1.82, 2.24) is 5.32 Å². The number of carbonyl (C=O) groups is 1. The summed E-state index contributed by atoms with van der Waals surface area (Å²) >= 11 is 3.17. The first-order valence-electron chi connectivity index (χ1n) is 6.62. The van der Waals surface area contributed by atoms with E-state index in [2.05, 4.69) is 21.2 Å². The molecule has 116 valence electrons. The minimum atomic E-state index is -0.640. The molecule has 0 spiro atoms. The highest BCUT2D eigenvalue weighted by Gasteiger charge is 2.33. The summed E-state index contributed by atoms with van der Waals surface area (Å²) in [5.41, 5.74) is -0.640. The van der Waals surface area contributed by atoms with Crippen LogP contribution in [0, 0.1) is 5.82 Å². The average Bonchev–Trinajstić information content (AvgIpc) is 2.47. The lowest BCUT2D eigenvalue weighted by Gasteiger charge is -2.36. The van der Waals surface area contributed by atoms with Crippen LogP contribution < -0.4 is 10.1 Å². The number of halogens is 2. The number of hydrogen-bond donors (Lipinski definition) is 2. The summed E-state index contributed by atoms with van der Waals surface area (Å²) in [5, 5.41) is 12.3. The van der Waals surface area contributed by atoms with Crippen molar-refractivity contribution in [3.05, 3.63) is 28.5 Å². The second kappa shape index (κ2) is 7.20. The van der Waals surface area contributed by atoms with Gasteiger partial charge in [0.05, 0.1) is 16.6 Å². The van der Waals surface area contributed by atoms with E-state index in [1.54, 1.807) is 0 Å². The van der Waals surface area contributed by atoms with Crippen LogP contribution in [0.5, 0.6) is 5.75 Å². The monoisotopic (exact) mass is 361 g/mol. The second-order valence-corrected chi connectivity index (χ2v) is 5.82. The van der Waals surface area contributed by atoms with E-state index in [0.29, 0.717) is 36.3 Å². The van der Waals surface area contributed by atoms with Crippen molar-refractivity contribution in [3.63, 3.8) is 0 Å². The van der Waals surface area contributed by atoms with Crippen molar-refractivity contribution in [1.29, 1.82) is 0 Å². The maximum absolute atomic E-state index is 12.9. The highest BCUT2D eigenvalue weighted by atomic mass is 79.9. The van der Waals surface area contributed by atoms with Crippen molar-refractivity contribution in [2.75, 3.05) is 26.4 Å². The molecular formula is C14H17BrFNO4. The Morgan fingerprint density at radius 2 is 2.19 bits per heavy atom. The van der Waals surface area contributed by atoms with Crippen molar-refractivity contribution < 1.29 is 23.8 Å². The molecule has 7 heteroatoms. The molecule has 0 unspecified atom stereocenters. The van der Waals surface area contributed by atoms with Gasteiger partial charge in [-0.1, -0.05) is 0 Å². The van der Waals surface area contributed by atoms with Crippen LogP contribution in [-0.2, 0) is 9.53 Å². The van der Waals surface area contributed by atoms with Crippen molar-refractivity contribution in [3.8, 4) is 5.75 Å². The second-order valence-electron chi connectivity index (χ2n) is 4.96. The fourth-order valence-electron chi connectivity index (χ4n) is 2.15. The number of rotatable bonds is 5. The van der Waals surface area contributed by atoms with E-state index in [4.69, 9.17) is 9.47 Å². The molecule has 0 saturated carbocycles. The SMILES string of the molecule is O=C(COc1ccc(F)cc1Br)NC1(CO)CCOCC1. The zero-order valence-corrected chi connectivity index (χ0v) is 13.0. The lowest BCUT2D eigenvalue weighted by atomic mass is 9.91. The normalized spacial score (nSPS) is 17.3. The Labute approximate surface area is 130 Å². The molecule has 1 heterocycles. The van der Waals surface area contributed by atoms with Crippen LogP contribution in [0.3, 0.4) is 0 Å². The first-order chi connectivity index (χ1) is 10.0. The molecule has 1 aliphatic rings. The third kappa shape index (κ3) is 4.39. The first kappa shape index (κ1) is 16.2. The van der Waals surface area contributed by atoms with Crippen LogP contribution in [0.1, 0.15) is 12.8 Å². The third-order valence-electron chi connectivity index (χ3n) is 3.41. The van der Waals surface area contributed by atoms with Gasteiger partial charge in [0.2, 0.25) is 0 Å². The molecule has 2 N–H and O–H groups in total. The Morgan fingerprint density at radius 3 is 2.81 bits per heavy atom. The number of carbonyl (C=O) groups excluding carboxylic acids is 1. The van der Waals surface area contributed by atoms with Gasteiger partial charge < -0.3 is 19.9 Å². The van der Waals surface area contributed by atoms with Gasteiger partial charge in [0, 0.05) is 13.2 Å². The van der Waals surface area contributed by atoms with Gasteiger partial charge in [0.25, 0.3) is 5.91 Å². The Kier molecular flexibility index (Phi) is 5.55. The Morgan fingerprint density at radius 1 is 1.48 bits per heavy atom. The van der Waals surface area contributed by atoms with E-state index in [0.717, 1.165) is 0 Å². The molecule has 0 aromatic heterocycles. The molecule has 1 aromatic rings. The molecule has 0 radical (unpaired) electrons. The average molecular weight is 362 g/mol. The molecule has 2 rings (SSSR count). The Balaban J connectivity index is 1.89. The van der Waals surface area contributed by atoms with Crippen molar-refractivity contribution in [2.45, 2.75) is 18.4 Å².